The molecule has 2 aromatic carbocycles. The highest BCUT2D eigenvalue weighted by molar-refractivity contribution is 7.99. The summed E-state index contributed by atoms with van der Waals surface area (Å²) in [6, 6.07) is 16.2. The number of thioether (sulfide) groups is 2. The maximum absolute atomic E-state index is 13.4. The Hall–Kier alpha value is -1.97. The van der Waals surface area contributed by atoms with Crippen molar-refractivity contribution in [2.45, 2.75) is 11.5 Å². The lowest BCUT2D eigenvalue weighted by molar-refractivity contribution is -0.118. The Morgan fingerprint density at radius 2 is 1.84 bits per heavy atom. The molecule has 0 aliphatic heterocycles. The van der Waals surface area contributed by atoms with Crippen molar-refractivity contribution in [2.24, 2.45) is 0 Å². The first kappa shape index (κ1) is 19.4. The van der Waals surface area contributed by atoms with Crippen molar-refractivity contribution in [3.05, 3.63) is 71.0 Å². The Balaban J connectivity index is 1.55. The molecule has 1 N–H and O–H groups in total. The number of amides is 1. The van der Waals surface area contributed by atoms with E-state index in [1.54, 1.807) is 36.0 Å². The Morgan fingerprint density at radius 3 is 2.56 bits per heavy atom. The minimum atomic E-state index is -0.182. The van der Waals surface area contributed by atoms with Gasteiger partial charge in [0.1, 0.15) is 5.82 Å². The first-order valence-electron chi connectivity index (χ1n) is 7.83. The monoisotopic (exact) mass is 374 g/mol. The van der Waals surface area contributed by atoms with Crippen LogP contribution in [0.15, 0.2) is 48.5 Å². The highest BCUT2D eigenvalue weighted by atomic mass is 32.2. The number of carbonyl (C=O) groups is 1. The second-order valence-corrected chi connectivity index (χ2v) is 7.39. The smallest absolute Gasteiger partial charge is 0.230 e. The quantitative estimate of drug-likeness (QED) is 0.675. The van der Waals surface area contributed by atoms with Gasteiger partial charge in [-0.1, -0.05) is 30.3 Å². The van der Waals surface area contributed by atoms with Crippen molar-refractivity contribution in [3.8, 4) is 6.07 Å². The number of nitriles is 1. The van der Waals surface area contributed by atoms with Gasteiger partial charge in [-0.3, -0.25) is 4.79 Å². The molecule has 0 atom stereocenters. The van der Waals surface area contributed by atoms with Crippen LogP contribution in [0, 0.1) is 17.1 Å². The van der Waals surface area contributed by atoms with Crippen molar-refractivity contribution in [1.82, 2.24) is 5.32 Å². The second-order valence-electron chi connectivity index (χ2n) is 5.30. The van der Waals surface area contributed by atoms with Gasteiger partial charge in [-0.15, -0.1) is 11.8 Å². The lowest BCUT2D eigenvalue weighted by Gasteiger charge is -2.06. The van der Waals surface area contributed by atoms with Crippen molar-refractivity contribution in [2.75, 3.05) is 18.1 Å². The van der Waals surface area contributed by atoms with E-state index >= 15 is 0 Å². The highest BCUT2D eigenvalue weighted by Gasteiger charge is 2.03. The molecule has 0 fully saturated rings. The summed E-state index contributed by atoms with van der Waals surface area (Å²) in [6.45, 7) is 0.579. The van der Waals surface area contributed by atoms with Gasteiger partial charge >= 0.3 is 0 Å². The predicted molar refractivity (Wildman–Crippen MR) is 103 cm³/mol. The molecule has 0 aliphatic carbocycles. The second kappa shape index (κ2) is 10.8. The van der Waals surface area contributed by atoms with Gasteiger partial charge in [0.15, 0.2) is 0 Å². The average molecular weight is 375 g/mol. The number of carbonyl (C=O) groups excluding carboxylic acids is 1. The Labute approximate surface area is 156 Å². The Kier molecular flexibility index (Phi) is 8.36. The zero-order valence-electron chi connectivity index (χ0n) is 13.7. The van der Waals surface area contributed by atoms with Crippen LogP contribution in [-0.4, -0.2) is 24.0 Å². The van der Waals surface area contributed by atoms with Crippen LogP contribution in [-0.2, 0) is 16.3 Å². The first-order chi connectivity index (χ1) is 12.2. The summed E-state index contributed by atoms with van der Waals surface area (Å²) >= 11 is 3.14. The van der Waals surface area contributed by atoms with Gasteiger partial charge in [0.25, 0.3) is 0 Å². The van der Waals surface area contributed by atoms with Gasteiger partial charge in [-0.25, -0.2) is 4.39 Å². The molecule has 0 radical (unpaired) electrons. The van der Waals surface area contributed by atoms with Gasteiger partial charge in [-0.2, -0.15) is 17.0 Å². The number of hydrogen-bond donors (Lipinski definition) is 1. The third kappa shape index (κ3) is 7.20. The first-order valence-corrected chi connectivity index (χ1v) is 10.1. The van der Waals surface area contributed by atoms with Gasteiger partial charge in [0.05, 0.1) is 17.4 Å². The summed E-state index contributed by atoms with van der Waals surface area (Å²) in [7, 11) is 0. The zero-order chi connectivity index (χ0) is 17.9. The fourth-order valence-electron chi connectivity index (χ4n) is 2.05. The molecule has 3 nitrogen and oxygen atoms in total. The molecule has 25 heavy (non-hydrogen) atoms. The zero-order valence-corrected chi connectivity index (χ0v) is 15.3. The summed E-state index contributed by atoms with van der Waals surface area (Å²) in [5, 5.41) is 11.6. The molecule has 0 heterocycles. The molecule has 0 saturated carbocycles. The molecular weight excluding hydrogens is 355 g/mol. The number of nitrogens with one attached hydrogen (secondary N) is 1. The number of rotatable bonds is 9. The third-order valence-corrected chi connectivity index (χ3v) is 5.38. The third-order valence-electron chi connectivity index (χ3n) is 3.37. The maximum atomic E-state index is 13.4. The van der Waals surface area contributed by atoms with Crippen molar-refractivity contribution < 1.29 is 9.18 Å². The SMILES string of the molecule is N#Cc1ccc(CSCC(=O)NCCSCc2ccccc2F)cc1. The van der Waals surface area contributed by atoms with Crippen LogP contribution < -0.4 is 5.32 Å². The normalized spacial score (nSPS) is 10.2. The van der Waals surface area contributed by atoms with Crippen molar-refractivity contribution in [3.63, 3.8) is 0 Å². The van der Waals surface area contributed by atoms with E-state index in [-0.39, 0.29) is 11.7 Å². The molecular formula is C19H19FN2OS2. The van der Waals surface area contributed by atoms with Gasteiger partial charge < -0.3 is 5.32 Å². The van der Waals surface area contributed by atoms with Gasteiger partial charge in [0.2, 0.25) is 5.91 Å². The van der Waals surface area contributed by atoms with Crippen LogP contribution in [0.5, 0.6) is 0 Å². The summed E-state index contributed by atoms with van der Waals surface area (Å²) in [5.74, 6) is 2.32. The number of nitrogens with zero attached hydrogens (tertiary/aromatic N) is 1. The minimum absolute atomic E-state index is 0.00476. The van der Waals surface area contributed by atoms with Crippen LogP contribution in [0.1, 0.15) is 16.7 Å². The molecule has 2 rings (SSSR count). The number of hydrogen-bond acceptors (Lipinski definition) is 4. The van der Waals surface area contributed by atoms with E-state index in [2.05, 4.69) is 11.4 Å². The van der Waals surface area contributed by atoms with E-state index < -0.39 is 0 Å². The molecule has 0 unspecified atom stereocenters. The number of benzene rings is 2. The van der Waals surface area contributed by atoms with E-state index in [0.29, 0.717) is 29.2 Å². The summed E-state index contributed by atoms with van der Waals surface area (Å²) < 4.78 is 13.4. The number of halogens is 1. The summed E-state index contributed by atoms with van der Waals surface area (Å²) in [4.78, 5) is 11.8. The van der Waals surface area contributed by atoms with E-state index in [4.69, 9.17) is 5.26 Å². The largest absolute Gasteiger partial charge is 0.355 e. The van der Waals surface area contributed by atoms with Crippen LogP contribution >= 0.6 is 23.5 Å². The molecule has 130 valence electrons. The topological polar surface area (TPSA) is 52.9 Å². The average Bonchev–Trinajstić information content (AvgIpc) is 2.63. The van der Waals surface area contributed by atoms with Gasteiger partial charge in [-0.05, 0) is 29.3 Å². The molecule has 0 aliphatic rings. The lowest BCUT2D eigenvalue weighted by atomic mass is 10.2. The van der Waals surface area contributed by atoms with E-state index in [1.165, 1.54) is 17.8 Å². The molecule has 0 spiro atoms. The summed E-state index contributed by atoms with van der Waals surface area (Å²) in [5.41, 5.74) is 2.42. The van der Waals surface area contributed by atoms with E-state index in [9.17, 15) is 9.18 Å². The van der Waals surface area contributed by atoms with Crippen LogP contribution in [0.2, 0.25) is 0 Å². The lowest BCUT2D eigenvalue weighted by Crippen LogP contribution is -2.27. The maximum Gasteiger partial charge on any atom is 0.230 e. The molecule has 6 heteroatoms. The minimum Gasteiger partial charge on any atom is -0.355 e. The van der Waals surface area contributed by atoms with Crippen LogP contribution in [0.25, 0.3) is 0 Å². The molecule has 2 aromatic rings. The molecule has 0 aromatic heterocycles. The Bertz CT molecular complexity index is 729. The predicted octanol–water partition coefficient (Wildman–Crippen LogP) is 3.98. The fourth-order valence-corrected chi connectivity index (χ4v) is 3.71. The van der Waals surface area contributed by atoms with E-state index in [0.717, 1.165) is 17.1 Å². The fraction of sp³-hybridized carbons (Fsp3) is 0.263. The highest BCUT2D eigenvalue weighted by Crippen LogP contribution is 2.15. The standard InChI is InChI=1S/C19H19FN2OS2/c20-18-4-2-1-3-17(18)13-24-10-9-22-19(23)14-25-12-16-7-5-15(11-21)6-8-16/h1-8H,9-10,12-14H2,(H,22,23). The van der Waals surface area contributed by atoms with Crippen LogP contribution in [0.3, 0.4) is 0 Å². The summed E-state index contributed by atoms with van der Waals surface area (Å²) in [6.07, 6.45) is 0. The van der Waals surface area contributed by atoms with Crippen LogP contribution in [0.4, 0.5) is 4.39 Å². The molecule has 0 bridgehead atoms. The Morgan fingerprint density at radius 1 is 1.08 bits per heavy atom. The molecule has 0 saturated heterocycles. The van der Waals surface area contributed by atoms with Crippen molar-refractivity contribution in [1.29, 1.82) is 5.26 Å². The van der Waals surface area contributed by atoms with E-state index in [1.807, 2.05) is 18.2 Å². The molecule has 1 amide bonds. The van der Waals surface area contributed by atoms with Gasteiger partial charge in [0, 0.05) is 23.8 Å². The van der Waals surface area contributed by atoms with Crippen molar-refractivity contribution >= 4 is 29.4 Å².